The SMILES string of the molecule is COCC1(NC=O)CN(C(=O)N2CC3(CC(Cc4ccc(F)cc4F)C3)C2)C1. The molecule has 4 rings (SSSR count). The van der Waals surface area contributed by atoms with Crippen LogP contribution >= 0.6 is 0 Å². The van der Waals surface area contributed by atoms with Gasteiger partial charge < -0.3 is 19.9 Å². The summed E-state index contributed by atoms with van der Waals surface area (Å²) in [6, 6.07) is 3.75. The van der Waals surface area contributed by atoms with Crippen molar-refractivity contribution < 1.29 is 23.1 Å². The van der Waals surface area contributed by atoms with E-state index >= 15 is 0 Å². The highest BCUT2D eigenvalue weighted by Crippen LogP contribution is 2.53. The van der Waals surface area contributed by atoms with E-state index in [9.17, 15) is 18.4 Å². The molecule has 8 heteroatoms. The molecule has 1 aliphatic carbocycles. The van der Waals surface area contributed by atoms with Crippen molar-refractivity contribution in [1.29, 1.82) is 0 Å². The number of carbonyl (C=O) groups is 2. The van der Waals surface area contributed by atoms with Gasteiger partial charge in [0.2, 0.25) is 6.41 Å². The van der Waals surface area contributed by atoms with E-state index in [4.69, 9.17) is 4.74 Å². The second-order valence-corrected chi connectivity index (χ2v) is 8.68. The number of ether oxygens (including phenoxy) is 1. The number of urea groups is 1. The predicted octanol–water partition coefficient (Wildman–Crippen LogP) is 1.79. The van der Waals surface area contributed by atoms with Gasteiger partial charge in [-0.15, -0.1) is 0 Å². The first-order valence-corrected chi connectivity index (χ1v) is 9.56. The predicted molar refractivity (Wildman–Crippen MR) is 97.6 cm³/mol. The van der Waals surface area contributed by atoms with Crippen LogP contribution in [0.5, 0.6) is 0 Å². The second kappa shape index (κ2) is 6.99. The van der Waals surface area contributed by atoms with Crippen LogP contribution in [-0.4, -0.2) is 67.7 Å². The Bertz CT molecular complexity index is 768. The van der Waals surface area contributed by atoms with Gasteiger partial charge in [-0.1, -0.05) is 6.07 Å². The summed E-state index contributed by atoms with van der Waals surface area (Å²) in [5.41, 5.74) is 0.244. The molecule has 1 spiro atoms. The number of hydrogen-bond acceptors (Lipinski definition) is 3. The molecule has 1 N–H and O–H groups in total. The molecule has 0 radical (unpaired) electrons. The van der Waals surface area contributed by atoms with Gasteiger partial charge in [0, 0.05) is 44.8 Å². The summed E-state index contributed by atoms with van der Waals surface area (Å²) in [5.74, 6) is -0.650. The smallest absolute Gasteiger partial charge is 0.320 e. The number of nitrogens with one attached hydrogen (secondary N) is 1. The summed E-state index contributed by atoms with van der Waals surface area (Å²) in [7, 11) is 1.57. The van der Waals surface area contributed by atoms with Gasteiger partial charge in [0.25, 0.3) is 0 Å². The van der Waals surface area contributed by atoms with Crippen molar-refractivity contribution in [2.75, 3.05) is 39.9 Å². The Hall–Kier alpha value is -2.22. The van der Waals surface area contributed by atoms with Crippen molar-refractivity contribution in [1.82, 2.24) is 15.1 Å². The van der Waals surface area contributed by atoms with Crippen LogP contribution < -0.4 is 5.32 Å². The number of nitrogens with zero attached hydrogens (tertiary/aromatic N) is 2. The van der Waals surface area contributed by atoms with Gasteiger partial charge in [0.1, 0.15) is 11.6 Å². The lowest BCUT2D eigenvalue weighted by Crippen LogP contribution is -2.75. The van der Waals surface area contributed by atoms with Crippen molar-refractivity contribution in [3.05, 3.63) is 35.4 Å². The summed E-state index contributed by atoms with van der Waals surface area (Å²) < 4.78 is 32.0. The number of carbonyl (C=O) groups excluding carboxylic acids is 2. The van der Waals surface area contributed by atoms with E-state index in [-0.39, 0.29) is 11.4 Å². The molecule has 2 heterocycles. The first kappa shape index (κ1) is 19.1. The van der Waals surface area contributed by atoms with Crippen LogP contribution in [0.15, 0.2) is 18.2 Å². The zero-order valence-corrected chi connectivity index (χ0v) is 15.9. The minimum absolute atomic E-state index is 0.00178. The first-order valence-electron chi connectivity index (χ1n) is 9.56. The molecule has 0 atom stereocenters. The maximum Gasteiger partial charge on any atom is 0.320 e. The molecule has 28 heavy (non-hydrogen) atoms. The van der Waals surface area contributed by atoms with E-state index in [1.54, 1.807) is 12.0 Å². The second-order valence-electron chi connectivity index (χ2n) is 8.68. The molecular weight excluding hydrogens is 368 g/mol. The molecule has 0 bridgehead atoms. The van der Waals surface area contributed by atoms with E-state index in [0.717, 1.165) is 32.0 Å². The first-order chi connectivity index (χ1) is 13.4. The molecule has 3 amide bonds. The molecule has 1 saturated carbocycles. The highest BCUT2D eigenvalue weighted by atomic mass is 19.1. The minimum atomic E-state index is -0.552. The zero-order chi connectivity index (χ0) is 19.9. The largest absolute Gasteiger partial charge is 0.382 e. The number of rotatable bonds is 6. The molecule has 3 fully saturated rings. The number of benzene rings is 1. The number of amides is 3. The van der Waals surface area contributed by atoms with Crippen molar-refractivity contribution in [2.45, 2.75) is 24.8 Å². The van der Waals surface area contributed by atoms with E-state index < -0.39 is 17.2 Å². The Morgan fingerprint density at radius 1 is 1.25 bits per heavy atom. The maximum atomic E-state index is 13.8. The van der Waals surface area contributed by atoms with Crippen molar-refractivity contribution in [2.24, 2.45) is 11.3 Å². The number of likely N-dealkylation sites (tertiary alicyclic amines) is 2. The van der Waals surface area contributed by atoms with Crippen LogP contribution in [-0.2, 0) is 16.0 Å². The summed E-state index contributed by atoms with van der Waals surface area (Å²) in [6.45, 7) is 2.73. The summed E-state index contributed by atoms with van der Waals surface area (Å²) in [5, 5.41) is 2.76. The molecule has 2 aliphatic heterocycles. The minimum Gasteiger partial charge on any atom is -0.382 e. The average molecular weight is 393 g/mol. The van der Waals surface area contributed by atoms with Crippen molar-refractivity contribution in [3.63, 3.8) is 0 Å². The van der Waals surface area contributed by atoms with Crippen LogP contribution in [0.4, 0.5) is 13.6 Å². The van der Waals surface area contributed by atoms with E-state index in [2.05, 4.69) is 5.32 Å². The fraction of sp³-hybridized carbons (Fsp3) is 0.600. The molecule has 152 valence electrons. The molecular formula is C20H25F2N3O3. The number of halogens is 2. The fourth-order valence-corrected chi connectivity index (χ4v) is 5.11. The van der Waals surface area contributed by atoms with Crippen molar-refractivity contribution >= 4 is 12.4 Å². The third-order valence-electron chi connectivity index (χ3n) is 6.33. The van der Waals surface area contributed by atoms with Gasteiger partial charge in [-0.3, -0.25) is 4.79 Å². The third-order valence-corrected chi connectivity index (χ3v) is 6.33. The average Bonchev–Trinajstić information content (AvgIpc) is 2.54. The molecule has 3 aliphatic rings. The molecule has 6 nitrogen and oxygen atoms in total. The lowest BCUT2D eigenvalue weighted by Gasteiger charge is -2.61. The normalized spacial score (nSPS) is 22.2. The quantitative estimate of drug-likeness (QED) is 0.750. The lowest BCUT2D eigenvalue weighted by molar-refractivity contribution is -0.116. The van der Waals surface area contributed by atoms with Crippen LogP contribution in [0.2, 0.25) is 0 Å². The van der Waals surface area contributed by atoms with Gasteiger partial charge in [-0.2, -0.15) is 0 Å². The lowest BCUT2D eigenvalue weighted by atomic mass is 9.56. The zero-order valence-electron chi connectivity index (χ0n) is 15.9. The van der Waals surface area contributed by atoms with Gasteiger partial charge in [-0.25, -0.2) is 13.6 Å². The summed E-state index contributed by atoms with van der Waals surface area (Å²) >= 11 is 0. The highest BCUT2D eigenvalue weighted by Gasteiger charge is 2.55. The van der Waals surface area contributed by atoms with Crippen LogP contribution in [0.1, 0.15) is 18.4 Å². The van der Waals surface area contributed by atoms with Gasteiger partial charge in [0.05, 0.1) is 12.1 Å². The van der Waals surface area contributed by atoms with Crippen molar-refractivity contribution in [3.8, 4) is 0 Å². The Morgan fingerprint density at radius 2 is 1.93 bits per heavy atom. The molecule has 0 unspecified atom stereocenters. The van der Waals surface area contributed by atoms with Gasteiger partial charge in [-0.05, 0) is 36.8 Å². The Balaban J connectivity index is 1.22. The van der Waals surface area contributed by atoms with Gasteiger partial charge in [0.15, 0.2) is 0 Å². The van der Waals surface area contributed by atoms with E-state index in [1.165, 1.54) is 12.1 Å². The van der Waals surface area contributed by atoms with E-state index in [1.807, 2.05) is 4.90 Å². The van der Waals surface area contributed by atoms with E-state index in [0.29, 0.717) is 44.0 Å². The Kier molecular flexibility index (Phi) is 4.77. The molecule has 1 aromatic rings. The Labute approximate surface area is 162 Å². The molecule has 1 aromatic carbocycles. The van der Waals surface area contributed by atoms with Crippen LogP contribution in [0.3, 0.4) is 0 Å². The summed E-state index contributed by atoms with van der Waals surface area (Å²) in [4.78, 5) is 26.9. The third kappa shape index (κ3) is 3.34. The monoisotopic (exact) mass is 393 g/mol. The topological polar surface area (TPSA) is 61.9 Å². The van der Waals surface area contributed by atoms with Crippen LogP contribution in [0, 0.1) is 23.0 Å². The fourth-order valence-electron chi connectivity index (χ4n) is 5.11. The highest BCUT2D eigenvalue weighted by molar-refractivity contribution is 5.77. The Morgan fingerprint density at radius 3 is 2.54 bits per heavy atom. The maximum absolute atomic E-state index is 13.8. The molecule has 0 aromatic heterocycles. The number of methoxy groups -OCH3 is 1. The standard InChI is InChI=1S/C20H25F2N3O3/c1-28-12-20(23-13-26)10-25(11-20)18(27)24-8-19(9-24)6-14(7-19)4-15-2-3-16(21)5-17(15)22/h2-3,5,13-14H,4,6-12H2,1H3,(H,23,26). The van der Waals surface area contributed by atoms with Gasteiger partial charge >= 0.3 is 6.03 Å². The summed E-state index contributed by atoms with van der Waals surface area (Å²) in [6.07, 6.45) is 3.20. The molecule has 2 saturated heterocycles. The number of hydrogen-bond donors (Lipinski definition) is 1. The van der Waals surface area contributed by atoms with Crippen LogP contribution in [0.25, 0.3) is 0 Å².